The Morgan fingerprint density at radius 3 is 2.37 bits per heavy atom. The molecule has 1 aliphatic rings. The fourth-order valence-electron chi connectivity index (χ4n) is 2.62. The maximum atomic E-state index is 6.27. The van der Waals surface area contributed by atoms with Crippen LogP contribution in [0.2, 0.25) is 5.02 Å². The first-order valence-corrected chi connectivity index (χ1v) is 8.47. The molecule has 3 heteroatoms. The molecule has 0 heterocycles. The summed E-state index contributed by atoms with van der Waals surface area (Å²) in [5.41, 5.74) is 1.69. The van der Waals surface area contributed by atoms with Crippen molar-refractivity contribution < 1.29 is 4.74 Å². The molecule has 1 unspecified atom stereocenters. The van der Waals surface area contributed by atoms with E-state index in [0.29, 0.717) is 11.5 Å². The Morgan fingerprint density at radius 2 is 1.84 bits per heavy atom. The summed E-state index contributed by atoms with van der Waals surface area (Å²) in [6, 6.07) is 7.97. The van der Waals surface area contributed by atoms with E-state index in [1.165, 1.54) is 31.2 Å². The zero-order chi connectivity index (χ0) is 13.9. The lowest BCUT2D eigenvalue weighted by Crippen LogP contribution is -2.28. The summed E-state index contributed by atoms with van der Waals surface area (Å²) in [5, 5.41) is 1.60. The van der Waals surface area contributed by atoms with Gasteiger partial charge >= 0.3 is 0 Å². The predicted octanol–water partition coefficient (Wildman–Crippen LogP) is 5.76. The quantitative estimate of drug-likeness (QED) is 0.630. The van der Waals surface area contributed by atoms with Gasteiger partial charge in [-0.1, -0.05) is 53.5 Å². The summed E-state index contributed by atoms with van der Waals surface area (Å²) in [4.78, 5) is 0. The van der Waals surface area contributed by atoms with Gasteiger partial charge in [0.25, 0.3) is 0 Å². The van der Waals surface area contributed by atoms with E-state index >= 15 is 0 Å². The van der Waals surface area contributed by atoms with Crippen LogP contribution in [0.15, 0.2) is 24.3 Å². The molecule has 0 amide bonds. The first-order valence-electron chi connectivity index (χ1n) is 6.97. The summed E-state index contributed by atoms with van der Waals surface area (Å²) in [5.74, 6) is 0. The van der Waals surface area contributed by atoms with Crippen LogP contribution in [-0.4, -0.2) is 11.4 Å². The molecule has 0 saturated heterocycles. The lowest BCUT2D eigenvalue weighted by molar-refractivity contribution is -0.0364. The molecule has 0 spiro atoms. The standard InChI is InChI=1S/C16H22BrClO/c1-16(2)9-7-14(8-10-16)19-15(11-17)12-3-5-13(18)6-4-12/h3-6,14-15H,7-11H2,1-2H3. The van der Waals surface area contributed by atoms with Crippen LogP contribution >= 0.6 is 27.5 Å². The van der Waals surface area contributed by atoms with Gasteiger partial charge in [0.2, 0.25) is 0 Å². The SMILES string of the molecule is CC1(C)CCC(OC(CBr)c2ccc(Cl)cc2)CC1. The van der Waals surface area contributed by atoms with Gasteiger partial charge in [0.05, 0.1) is 12.2 Å². The van der Waals surface area contributed by atoms with E-state index in [-0.39, 0.29) is 6.10 Å². The van der Waals surface area contributed by atoms with Crippen molar-refractivity contribution in [2.24, 2.45) is 5.41 Å². The second-order valence-electron chi connectivity index (χ2n) is 6.19. The van der Waals surface area contributed by atoms with Gasteiger partial charge < -0.3 is 4.74 Å². The molecule has 1 fully saturated rings. The number of alkyl halides is 1. The van der Waals surface area contributed by atoms with E-state index in [2.05, 4.69) is 41.9 Å². The van der Waals surface area contributed by atoms with E-state index in [4.69, 9.17) is 16.3 Å². The monoisotopic (exact) mass is 344 g/mol. The highest BCUT2D eigenvalue weighted by atomic mass is 79.9. The third kappa shape index (κ3) is 4.47. The van der Waals surface area contributed by atoms with E-state index in [9.17, 15) is 0 Å². The van der Waals surface area contributed by atoms with E-state index in [1.807, 2.05) is 12.1 Å². The summed E-state index contributed by atoms with van der Waals surface area (Å²) in [6.45, 7) is 4.70. The van der Waals surface area contributed by atoms with E-state index in [0.717, 1.165) is 10.4 Å². The van der Waals surface area contributed by atoms with E-state index < -0.39 is 0 Å². The molecule has 0 aliphatic heterocycles. The van der Waals surface area contributed by atoms with Gasteiger partial charge in [-0.25, -0.2) is 0 Å². The average Bonchev–Trinajstić information content (AvgIpc) is 2.39. The van der Waals surface area contributed by atoms with Crippen molar-refractivity contribution in [2.45, 2.75) is 51.7 Å². The molecule has 0 radical (unpaired) electrons. The second kappa shape index (κ2) is 6.60. The minimum Gasteiger partial charge on any atom is -0.369 e. The Balaban J connectivity index is 1.94. The Kier molecular flexibility index (Phi) is 5.33. The lowest BCUT2D eigenvalue weighted by Gasteiger charge is -2.35. The molecule has 106 valence electrons. The Morgan fingerprint density at radius 1 is 1.26 bits per heavy atom. The summed E-state index contributed by atoms with van der Waals surface area (Å²) >= 11 is 9.49. The largest absolute Gasteiger partial charge is 0.369 e. The van der Waals surface area contributed by atoms with Gasteiger partial charge in [0.1, 0.15) is 0 Å². The van der Waals surface area contributed by atoms with Crippen LogP contribution in [0.5, 0.6) is 0 Å². The number of hydrogen-bond acceptors (Lipinski definition) is 1. The number of benzene rings is 1. The van der Waals surface area contributed by atoms with E-state index in [1.54, 1.807) is 0 Å². The van der Waals surface area contributed by atoms with Crippen LogP contribution in [0.1, 0.15) is 51.2 Å². The lowest BCUT2D eigenvalue weighted by atomic mass is 9.76. The summed E-state index contributed by atoms with van der Waals surface area (Å²) < 4.78 is 6.27. The van der Waals surface area contributed by atoms with Gasteiger partial charge in [-0.05, 0) is 48.8 Å². The molecule has 0 aromatic heterocycles. The highest BCUT2D eigenvalue weighted by Gasteiger charge is 2.28. The summed E-state index contributed by atoms with van der Waals surface area (Å²) in [6.07, 6.45) is 5.38. The van der Waals surface area contributed by atoms with Crippen molar-refractivity contribution in [1.82, 2.24) is 0 Å². The van der Waals surface area contributed by atoms with Gasteiger partial charge in [0, 0.05) is 10.4 Å². The highest BCUT2D eigenvalue weighted by molar-refractivity contribution is 9.09. The van der Waals surface area contributed by atoms with Gasteiger partial charge in [0.15, 0.2) is 0 Å². The number of ether oxygens (including phenoxy) is 1. The fourth-order valence-corrected chi connectivity index (χ4v) is 3.28. The zero-order valence-electron chi connectivity index (χ0n) is 11.7. The smallest absolute Gasteiger partial charge is 0.0925 e. The molecule has 1 atom stereocenters. The van der Waals surface area contributed by atoms with Crippen molar-refractivity contribution in [3.8, 4) is 0 Å². The maximum Gasteiger partial charge on any atom is 0.0925 e. The third-order valence-corrected chi connectivity index (χ3v) is 4.86. The molecule has 1 nitrogen and oxygen atoms in total. The fraction of sp³-hybridized carbons (Fsp3) is 0.625. The van der Waals surface area contributed by atoms with Crippen LogP contribution in [0.25, 0.3) is 0 Å². The van der Waals surface area contributed by atoms with Crippen molar-refractivity contribution in [2.75, 3.05) is 5.33 Å². The molecule has 0 N–H and O–H groups in total. The Hall–Kier alpha value is -0.0500. The molecule has 0 bridgehead atoms. The van der Waals surface area contributed by atoms with Crippen molar-refractivity contribution >= 4 is 27.5 Å². The van der Waals surface area contributed by atoms with Crippen LogP contribution in [0, 0.1) is 5.41 Å². The number of hydrogen-bond donors (Lipinski definition) is 0. The van der Waals surface area contributed by atoms with Gasteiger partial charge in [-0.3, -0.25) is 0 Å². The number of rotatable bonds is 4. The Labute approximate surface area is 129 Å². The minimum absolute atomic E-state index is 0.128. The molecule has 1 aromatic carbocycles. The molecular formula is C16H22BrClO. The predicted molar refractivity (Wildman–Crippen MR) is 85.1 cm³/mol. The molecule has 19 heavy (non-hydrogen) atoms. The summed E-state index contributed by atoms with van der Waals surface area (Å²) in [7, 11) is 0. The average molecular weight is 346 g/mol. The topological polar surface area (TPSA) is 9.23 Å². The van der Waals surface area contributed by atoms with Crippen molar-refractivity contribution in [3.05, 3.63) is 34.9 Å². The normalized spacial score (nSPS) is 21.3. The maximum absolute atomic E-state index is 6.27. The van der Waals surface area contributed by atoms with Crippen LogP contribution in [-0.2, 0) is 4.74 Å². The van der Waals surface area contributed by atoms with Crippen molar-refractivity contribution in [1.29, 1.82) is 0 Å². The van der Waals surface area contributed by atoms with Gasteiger partial charge in [-0.15, -0.1) is 0 Å². The minimum atomic E-state index is 0.128. The highest BCUT2D eigenvalue weighted by Crippen LogP contribution is 2.38. The Bertz CT molecular complexity index is 392. The van der Waals surface area contributed by atoms with Crippen LogP contribution < -0.4 is 0 Å². The molecule has 2 rings (SSSR count). The molecule has 1 saturated carbocycles. The van der Waals surface area contributed by atoms with Crippen LogP contribution in [0.3, 0.4) is 0 Å². The third-order valence-electron chi connectivity index (χ3n) is 4.02. The first-order chi connectivity index (χ1) is 9.00. The second-order valence-corrected chi connectivity index (χ2v) is 7.28. The molecule has 1 aromatic rings. The molecular weight excluding hydrogens is 324 g/mol. The van der Waals surface area contributed by atoms with Crippen molar-refractivity contribution in [3.63, 3.8) is 0 Å². The zero-order valence-corrected chi connectivity index (χ0v) is 14.0. The van der Waals surface area contributed by atoms with Gasteiger partial charge in [-0.2, -0.15) is 0 Å². The number of halogens is 2. The first kappa shape index (κ1) is 15.3. The molecule has 1 aliphatic carbocycles. The van der Waals surface area contributed by atoms with Crippen LogP contribution in [0.4, 0.5) is 0 Å².